The summed E-state index contributed by atoms with van der Waals surface area (Å²) in [4.78, 5) is 5.10. The highest BCUT2D eigenvalue weighted by atomic mass is 16.3. The molecule has 3 aromatic carbocycles. The molecular formula is C38H52N2O2. The molecule has 2 aliphatic rings. The lowest BCUT2D eigenvalue weighted by Gasteiger charge is -2.59. The molecule has 0 amide bonds. The van der Waals surface area contributed by atoms with Gasteiger partial charge in [-0.1, -0.05) is 84.9 Å². The first kappa shape index (κ1) is 30.9. The Kier molecular flexibility index (Phi) is 7.80. The van der Waals surface area contributed by atoms with Gasteiger partial charge in [-0.3, -0.25) is 9.80 Å². The van der Waals surface area contributed by atoms with Crippen LogP contribution in [-0.4, -0.2) is 42.2 Å². The Morgan fingerprint density at radius 1 is 0.452 bits per heavy atom. The summed E-state index contributed by atoms with van der Waals surface area (Å²) >= 11 is 0. The second-order valence-electron chi connectivity index (χ2n) is 15.7. The summed E-state index contributed by atoms with van der Waals surface area (Å²) in [5, 5.41) is 24.4. The van der Waals surface area contributed by atoms with Gasteiger partial charge in [-0.05, 0) is 103 Å². The summed E-state index contributed by atoms with van der Waals surface area (Å²) in [6, 6.07) is 29.5. The quantitative estimate of drug-likeness (QED) is 0.319. The van der Waals surface area contributed by atoms with Crippen LogP contribution in [0.25, 0.3) is 0 Å². The third kappa shape index (κ3) is 5.97. The molecule has 5 rings (SSSR count). The number of aliphatic hydroxyl groups is 2. The summed E-state index contributed by atoms with van der Waals surface area (Å²) < 4.78 is 0. The zero-order chi connectivity index (χ0) is 30.6. The molecule has 0 radical (unpaired) electrons. The van der Waals surface area contributed by atoms with Crippen LogP contribution >= 0.6 is 0 Å². The van der Waals surface area contributed by atoms with Crippen LogP contribution in [0.1, 0.15) is 103 Å². The number of rotatable bonds is 6. The Morgan fingerprint density at radius 3 is 0.976 bits per heavy atom. The summed E-state index contributed by atoms with van der Waals surface area (Å²) in [7, 11) is 0. The second-order valence-corrected chi connectivity index (χ2v) is 15.7. The van der Waals surface area contributed by atoms with E-state index in [-0.39, 0.29) is 22.2 Å². The fourth-order valence-electron chi connectivity index (χ4n) is 8.90. The van der Waals surface area contributed by atoms with Crippen molar-refractivity contribution < 1.29 is 10.2 Å². The van der Waals surface area contributed by atoms with Crippen LogP contribution < -0.4 is 0 Å². The molecule has 0 aromatic heterocycles. The van der Waals surface area contributed by atoms with E-state index in [9.17, 15) is 10.2 Å². The van der Waals surface area contributed by atoms with E-state index in [2.05, 4.69) is 150 Å². The Labute approximate surface area is 254 Å². The highest BCUT2D eigenvalue weighted by Crippen LogP contribution is 2.51. The monoisotopic (exact) mass is 568 g/mol. The van der Waals surface area contributed by atoms with Gasteiger partial charge in [-0.25, -0.2) is 0 Å². The van der Waals surface area contributed by atoms with Gasteiger partial charge in [0.15, 0.2) is 0 Å². The Balaban J connectivity index is 1.37. The Hall–Kier alpha value is -2.50. The third-order valence-electron chi connectivity index (χ3n) is 10.1. The molecule has 2 fully saturated rings. The van der Waals surface area contributed by atoms with Gasteiger partial charge in [0.25, 0.3) is 0 Å². The number of hydrogen-bond donors (Lipinski definition) is 2. The lowest BCUT2D eigenvalue weighted by atomic mass is 9.66. The second kappa shape index (κ2) is 10.6. The molecule has 2 N–H and O–H groups in total. The van der Waals surface area contributed by atoms with E-state index >= 15 is 0 Å². The number of hydrogen-bond acceptors (Lipinski definition) is 4. The first-order valence-electron chi connectivity index (χ1n) is 15.7. The van der Waals surface area contributed by atoms with Crippen molar-refractivity contribution in [1.29, 1.82) is 0 Å². The molecule has 42 heavy (non-hydrogen) atoms. The van der Waals surface area contributed by atoms with Gasteiger partial charge < -0.3 is 10.2 Å². The molecule has 3 aromatic rings. The first-order chi connectivity index (χ1) is 19.5. The molecule has 0 atom stereocenters. The molecule has 0 aliphatic carbocycles. The summed E-state index contributed by atoms with van der Waals surface area (Å²) in [5.74, 6) is 0. The molecule has 0 spiro atoms. The molecule has 226 valence electrons. The zero-order valence-corrected chi connectivity index (χ0v) is 27.1. The van der Waals surface area contributed by atoms with Crippen molar-refractivity contribution in [3.63, 3.8) is 0 Å². The Morgan fingerprint density at radius 2 is 0.714 bits per heavy atom. The van der Waals surface area contributed by atoms with E-state index in [1.54, 1.807) is 0 Å². The van der Waals surface area contributed by atoms with Gasteiger partial charge in [0.2, 0.25) is 0 Å². The van der Waals surface area contributed by atoms with Crippen molar-refractivity contribution >= 4 is 0 Å². The van der Waals surface area contributed by atoms with Gasteiger partial charge in [-0.15, -0.1) is 0 Å². The van der Waals surface area contributed by atoms with E-state index in [0.29, 0.717) is 25.7 Å². The number of likely N-dealkylation sites (tertiary alicyclic amines) is 2. The van der Waals surface area contributed by atoms with Crippen LogP contribution in [0, 0.1) is 0 Å². The summed E-state index contributed by atoms with van der Waals surface area (Å²) in [6.45, 7) is 19.8. The molecule has 2 heterocycles. The maximum atomic E-state index is 12.2. The lowest BCUT2D eigenvalue weighted by Crippen LogP contribution is -2.64. The minimum absolute atomic E-state index is 0.206. The van der Waals surface area contributed by atoms with E-state index in [1.165, 1.54) is 11.1 Å². The third-order valence-corrected chi connectivity index (χ3v) is 10.1. The topological polar surface area (TPSA) is 46.9 Å². The van der Waals surface area contributed by atoms with Gasteiger partial charge in [0.1, 0.15) is 0 Å². The van der Waals surface area contributed by atoms with Crippen molar-refractivity contribution in [2.45, 2.75) is 128 Å². The van der Waals surface area contributed by atoms with Crippen molar-refractivity contribution in [2.24, 2.45) is 0 Å². The fourth-order valence-corrected chi connectivity index (χ4v) is 8.90. The largest absolute Gasteiger partial charge is 0.385 e. The molecule has 0 unspecified atom stereocenters. The van der Waals surface area contributed by atoms with Crippen molar-refractivity contribution in [3.8, 4) is 0 Å². The van der Waals surface area contributed by atoms with Crippen LogP contribution in [0.15, 0.2) is 84.9 Å². The normalized spacial score (nSPS) is 24.2. The standard InChI is InChI=1S/C38H52N2O2/c1-33(2)25-37(41,26-34(3,4)39(33)23-29-15-11-9-12-16-29)31-19-21-32(22-20-31)38(42)27-35(5,6)40(36(7,8)28-38)24-30-17-13-10-14-18-30/h9-22,41-42H,23-28H2,1-8H3. The van der Waals surface area contributed by atoms with Crippen LogP contribution in [0.2, 0.25) is 0 Å². The molecular weight excluding hydrogens is 516 g/mol. The highest BCUT2D eigenvalue weighted by molar-refractivity contribution is 5.34. The molecule has 0 bridgehead atoms. The minimum atomic E-state index is -0.946. The van der Waals surface area contributed by atoms with E-state index < -0.39 is 11.2 Å². The van der Waals surface area contributed by atoms with Crippen LogP contribution in [0.4, 0.5) is 0 Å². The smallest absolute Gasteiger partial charge is 0.0931 e. The van der Waals surface area contributed by atoms with Crippen molar-refractivity contribution in [2.75, 3.05) is 0 Å². The molecule has 4 nitrogen and oxygen atoms in total. The molecule has 2 saturated heterocycles. The lowest BCUT2D eigenvalue weighted by molar-refractivity contribution is -0.145. The zero-order valence-electron chi connectivity index (χ0n) is 27.1. The van der Waals surface area contributed by atoms with Crippen LogP contribution in [-0.2, 0) is 24.3 Å². The maximum Gasteiger partial charge on any atom is 0.0931 e. The van der Waals surface area contributed by atoms with E-state index in [0.717, 1.165) is 24.2 Å². The van der Waals surface area contributed by atoms with Gasteiger partial charge in [0.05, 0.1) is 11.2 Å². The van der Waals surface area contributed by atoms with E-state index in [4.69, 9.17) is 0 Å². The van der Waals surface area contributed by atoms with Gasteiger partial charge >= 0.3 is 0 Å². The Bertz CT molecular complexity index is 1220. The minimum Gasteiger partial charge on any atom is -0.385 e. The fraction of sp³-hybridized carbons (Fsp3) is 0.526. The van der Waals surface area contributed by atoms with Gasteiger partial charge in [0, 0.05) is 35.2 Å². The van der Waals surface area contributed by atoms with E-state index in [1.807, 2.05) is 0 Å². The average molecular weight is 569 g/mol. The summed E-state index contributed by atoms with van der Waals surface area (Å²) in [6.07, 6.45) is 2.59. The summed E-state index contributed by atoms with van der Waals surface area (Å²) in [5.41, 5.74) is 1.75. The average Bonchev–Trinajstić information content (AvgIpc) is 2.89. The SMILES string of the molecule is CC1(C)CC(O)(c2ccc(C3(O)CC(C)(C)N(Cc4ccccc4)C(C)(C)C3)cc2)CC(C)(C)N1Cc1ccccc1. The molecule has 2 aliphatic heterocycles. The van der Waals surface area contributed by atoms with Gasteiger partial charge in [-0.2, -0.15) is 0 Å². The number of piperidine rings is 2. The van der Waals surface area contributed by atoms with Crippen LogP contribution in [0.3, 0.4) is 0 Å². The molecule has 4 heteroatoms. The predicted octanol–water partition coefficient (Wildman–Crippen LogP) is 7.77. The first-order valence-corrected chi connectivity index (χ1v) is 15.7. The van der Waals surface area contributed by atoms with Crippen molar-refractivity contribution in [1.82, 2.24) is 9.80 Å². The highest BCUT2D eigenvalue weighted by Gasteiger charge is 2.54. The predicted molar refractivity (Wildman–Crippen MR) is 173 cm³/mol. The van der Waals surface area contributed by atoms with Crippen molar-refractivity contribution in [3.05, 3.63) is 107 Å². The maximum absolute atomic E-state index is 12.2. The molecule has 0 saturated carbocycles. The van der Waals surface area contributed by atoms with Crippen LogP contribution in [0.5, 0.6) is 0 Å². The number of nitrogens with zero attached hydrogens (tertiary/aromatic N) is 2. The number of benzene rings is 3.